The van der Waals surface area contributed by atoms with Gasteiger partial charge in [0.1, 0.15) is 5.82 Å². The molecule has 1 aromatic carbocycles. The number of nitrogens with one attached hydrogen (secondary N) is 1. The first-order valence-corrected chi connectivity index (χ1v) is 4.87. The van der Waals surface area contributed by atoms with Gasteiger partial charge in [-0.3, -0.25) is 4.79 Å². The maximum Gasteiger partial charge on any atom is 0.305 e. The van der Waals surface area contributed by atoms with Gasteiger partial charge in [0.2, 0.25) is 0 Å². The van der Waals surface area contributed by atoms with Crippen LogP contribution in [0.25, 0.3) is 0 Å². The van der Waals surface area contributed by atoms with Crippen molar-refractivity contribution in [3.63, 3.8) is 0 Å². The molecule has 0 amide bonds. The van der Waals surface area contributed by atoms with Crippen molar-refractivity contribution < 1.29 is 19.1 Å². The van der Waals surface area contributed by atoms with Gasteiger partial charge in [0.25, 0.3) is 0 Å². The van der Waals surface area contributed by atoms with E-state index in [0.717, 1.165) is 0 Å². The van der Waals surface area contributed by atoms with Gasteiger partial charge in [0, 0.05) is 6.04 Å². The van der Waals surface area contributed by atoms with Crippen molar-refractivity contribution in [2.24, 2.45) is 0 Å². The van der Waals surface area contributed by atoms with Crippen molar-refractivity contribution in [1.82, 2.24) is 5.48 Å². The first kappa shape index (κ1) is 15.5. The quantitative estimate of drug-likeness (QED) is 0.750. The summed E-state index contributed by atoms with van der Waals surface area (Å²) < 4.78 is 13.3. The van der Waals surface area contributed by atoms with Crippen molar-refractivity contribution in [1.29, 1.82) is 0 Å². The maximum atomic E-state index is 13.3. The number of halogens is 1. The van der Waals surface area contributed by atoms with Crippen LogP contribution in [0.1, 0.15) is 19.4 Å². The van der Waals surface area contributed by atoms with E-state index in [-0.39, 0.29) is 26.1 Å². The topological polar surface area (TPSA) is 58.6 Å². The highest BCUT2D eigenvalue weighted by Gasteiger charge is 2.15. The number of hydrogen-bond donors (Lipinski definition) is 2. The van der Waals surface area contributed by atoms with Gasteiger partial charge in [0.05, 0.1) is 13.5 Å². The zero-order valence-corrected chi connectivity index (χ0v) is 8.94. The van der Waals surface area contributed by atoms with Gasteiger partial charge in [-0.1, -0.05) is 25.6 Å². The molecule has 0 fully saturated rings. The Labute approximate surface area is 100 Å². The third kappa shape index (κ3) is 5.42. The minimum atomic E-state index is -0.953. The minimum absolute atomic E-state index is 0. The van der Waals surface area contributed by atoms with Crippen molar-refractivity contribution in [2.75, 3.05) is 7.11 Å². The summed E-state index contributed by atoms with van der Waals surface area (Å²) in [7, 11) is 1.40. The van der Waals surface area contributed by atoms with Crippen LogP contribution in [0.15, 0.2) is 24.3 Å². The van der Waals surface area contributed by atoms with Crippen LogP contribution in [-0.2, 0) is 16.1 Å². The molecule has 2 N–H and O–H groups in total. The minimum Gasteiger partial charge on any atom is -0.481 e. The molecule has 0 bridgehead atoms. The van der Waals surface area contributed by atoms with Gasteiger partial charge in [0.15, 0.2) is 0 Å². The molecular weight excluding hydrogens is 225 g/mol. The van der Waals surface area contributed by atoms with Crippen molar-refractivity contribution in [2.45, 2.75) is 26.3 Å². The zero-order chi connectivity index (χ0) is 12.0. The molecule has 0 aliphatic carbocycles. The molecule has 0 saturated heterocycles. The summed E-state index contributed by atoms with van der Waals surface area (Å²) >= 11 is 0. The molecule has 1 aromatic rings. The number of carboxylic acid groups (broad SMARTS) is 1. The van der Waals surface area contributed by atoms with Crippen LogP contribution in [0, 0.1) is 5.82 Å². The standard InChI is InChI=1S/C11H14FNO3.CH4/c1-16-13-9(7-11(14)15)6-8-4-2-3-5-10(8)12;/h2-5,9,13H,6-7H2,1H3,(H,14,15);1H4. The molecule has 0 aliphatic heterocycles. The van der Waals surface area contributed by atoms with Crippen molar-refractivity contribution >= 4 is 5.97 Å². The average molecular weight is 243 g/mol. The Kier molecular flexibility index (Phi) is 7.09. The normalized spacial score (nSPS) is 11.6. The first-order chi connectivity index (χ1) is 7.63. The molecule has 0 heterocycles. The highest BCUT2D eigenvalue weighted by Crippen LogP contribution is 2.10. The molecule has 1 rings (SSSR count). The fourth-order valence-corrected chi connectivity index (χ4v) is 1.46. The Morgan fingerprint density at radius 2 is 2.18 bits per heavy atom. The Bertz CT molecular complexity index is 357. The molecule has 0 saturated carbocycles. The van der Waals surface area contributed by atoms with Gasteiger partial charge < -0.3 is 9.94 Å². The molecule has 17 heavy (non-hydrogen) atoms. The predicted octanol–water partition coefficient (Wildman–Crippen LogP) is 2.00. The van der Waals surface area contributed by atoms with Crippen molar-refractivity contribution in [3.05, 3.63) is 35.6 Å². The summed E-state index contributed by atoms with van der Waals surface area (Å²) in [6.45, 7) is 0. The molecule has 4 nitrogen and oxygen atoms in total. The number of benzene rings is 1. The number of hydrogen-bond acceptors (Lipinski definition) is 3. The summed E-state index contributed by atoms with van der Waals surface area (Å²) in [5.41, 5.74) is 3.01. The number of rotatable bonds is 6. The predicted molar refractivity (Wildman–Crippen MR) is 63.0 cm³/mol. The van der Waals surface area contributed by atoms with Crippen LogP contribution in [0.4, 0.5) is 4.39 Å². The van der Waals surface area contributed by atoms with Crippen LogP contribution < -0.4 is 5.48 Å². The van der Waals surface area contributed by atoms with Gasteiger partial charge in [-0.15, -0.1) is 0 Å². The van der Waals surface area contributed by atoms with Crippen LogP contribution in [0.3, 0.4) is 0 Å². The fourth-order valence-electron chi connectivity index (χ4n) is 1.46. The molecule has 96 valence electrons. The van der Waals surface area contributed by atoms with E-state index < -0.39 is 12.0 Å². The lowest BCUT2D eigenvalue weighted by Gasteiger charge is -2.15. The fraction of sp³-hybridized carbons (Fsp3) is 0.417. The average Bonchev–Trinajstić information content (AvgIpc) is 2.21. The van der Waals surface area contributed by atoms with Gasteiger partial charge in [-0.2, -0.15) is 5.48 Å². The molecule has 0 aromatic heterocycles. The SMILES string of the molecule is C.CONC(CC(=O)O)Cc1ccccc1F. The van der Waals surface area contributed by atoms with Gasteiger partial charge in [-0.05, 0) is 18.1 Å². The van der Waals surface area contributed by atoms with Crippen molar-refractivity contribution in [3.8, 4) is 0 Å². The van der Waals surface area contributed by atoms with Crippen LogP contribution >= 0.6 is 0 Å². The summed E-state index contributed by atoms with van der Waals surface area (Å²) in [6.07, 6.45) is 0.148. The molecule has 1 atom stereocenters. The summed E-state index contributed by atoms with van der Waals surface area (Å²) in [5.74, 6) is -1.29. The summed E-state index contributed by atoms with van der Waals surface area (Å²) in [6, 6.07) is 5.83. The van der Waals surface area contributed by atoms with E-state index in [1.807, 2.05) is 0 Å². The molecular formula is C12H18FNO3. The summed E-state index contributed by atoms with van der Waals surface area (Å²) in [4.78, 5) is 15.3. The third-order valence-electron chi connectivity index (χ3n) is 2.13. The monoisotopic (exact) mass is 243 g/mol. The van der Waals surface area contributed by atoms with E-state index in [1.54, 1.807) is 18.2 Å². The lowest BCUT2D eigenvalue weighted by atomic mass is 10.0. The molecule has 0 spiro atoms. The Morgan fingerprint density at radius 1 is 1.53 bits per heavy atom. The Morgan fingerprint density at radius 3 is 2.71 bits per heavy atom. The largest absolute Gasteiger partial charge is 0.481 e. The smallest absolute Gasteiger partial charge is 0.305 e. The molecule has 1 unspecified atom stereocenters. The van der Waals surface area contributed by atoms with E-state index in [9.17, 15) is 9.18 Å². The van der Waals surface area contributed by atoms with E-state index >= 15 is 0 Å². The van der Waals surface area contributed by atoms with Crippen LogP contribution in [-0.4, -0.2) is 24.2 Å². The highest BCUT2D eigenvalue weighted by atomic mass is 19.1. The second-order valence-corrected chi connectivity index (χ2v) is 3.41. The Balaban J connectivity index is 0.00000256. The molecule has 0 aliphatic rings. The molecule has 5 heteroatoms. The molecule has 0 radical (unpaired) electrons. The second-order valence-electron chi connectivity index (χ2n) is 3.41. The highest BCUT2D eigenvalue weighted by molar-refractivity contribution is 5.67. The maximum absolute atomic E-state index is 13.3. The van der Waals surface area contributed by atoms with Gasteiger partial charge >= 0.3 is 5.97 Å². The van der Waals surface area contributed by atoms with Crippen LogP contribution in [0.5, 0.6) is 0 Å². The lowest BCUT2D eigenvalue weighted by molar-refractivity contribution is -0.138. The van der Waals surface area contributed by atoms with Crippen LogP contribution in [0.2, 0.25) is 0 Å². The van der Waals surface area contributed by atoms with E-state index in [4.69, 9.17) is 5.11 Å². The van der Waals surface area contributed by atoms with E-state index in [1.165, 1.54) is 13.2 Å². The van der Waals surface area contributed by atoms with E-state index in [2.05, 4.69) is 10.3 Å². The summed E-state index contributed by atoms with van der Waals surface area (Å²) in [5, 5.41) is 8.67. The second kappa shape index (κ2) is 7.76. The Hall–Kier alpha value is -1.46. The zero-order valence-electron chi connectivity index (χ0n) is 8.94. The van der Waals surface area contributed by atoms with Gasteiger partial charge in [-0.25, -0.2) is 4.39 Å². The third-order valence-corrected chi connectivity index (χ3v) is 2.13. The van der Waals surface area contributed by atoms with E-state index in [0.29, 0.717) is 5.56 Å². The number of carboxylic acids is 1. The lowest BCUT2D eigenvalue weighted by Crippen LogP contribution is -2.32. The first-order valence-electron chi connectivity index (χ1n) is 4.87. The number of hydroxylamine groups is 1. The number of aliphatic carboxylic acids is 1. The number of carbonyl (C=O) groups is 1.